The summed E-state index contributed by atoms with van der Waals surface area (Å²) in [4.78, 5) is 5.08. The van der Waals surface area contributed by atoms with Gasteiger partial charge < -0.3 is 0 Å². The Labute approximate surface area is 280 Å². The molecule has 0 aliphatic rings. The Balaban J connectivity index is 1.24. The number of hydrogen-bond acceptors (Lipinski definition) is 3. The Morgan fingerprint density at radius 3 is 1.90 bits per heavy atom. The van der Waals surface area contributed by atoms with Gasteiger partial charge in [-0.15, -0.1) is 11.3 Å². The number of thiophene rings is 1. The van der Waals surface area contributed by atoms with Crippen LogP contribution in [0.25, 0.3) is 91.7 Å². The lowest BCUT2D eigenvalue weighted by molar-refractivity contribution is 1.10. The molecule has 0 aliphatic heterocycles. The van der Waals surface area contributed by atoms with Crippen LogP contribution in [0.2, 0.25) is 0 Å². The van der Waals surface area contributed by atoms with E-state index in [1.54, 1.807) is 0 Å². The summed E-state index contributed by atoms with van der Waals surface area (Å²) in [5, 5.41) is 18.4. The second-order valence-corrected chi connectivity index (χ2v) is 13.4. The smallest absolute Gasteiger partial charge is 0.139 e. The van der Waals surface area contributed by atoms with Crippen molar-refractivity contribution in [3.63, 3.8) is 0 Å². The molecule has 0 aliphatic carbocycles. The predicted molar refractivity (Wildman–Crippen MR) is 202 cm³/mol. The van der Waals surface area contributed by atoms with Gasteiger partial charge in [-0.25, -0.2) is 4.98 Å². The van der Waals surface area contributed by atoms with E-state index in [4.69, 9.17) is 4.98 Å². The molecule has 0 saturated carbocycles. The molecule has 0 N–H and O–H groups in total. The molecule has 222 valence electrons. The van der Waals surface area contributed by atoms with Gasteiger partial charge in [-0.05, 0) is 87.6 Å². The summed E-state index contributed by atoms with van der Waals surface area (Å²) in [6.45, 7) is 0. The van der Waals surface area contributed by atoms with E-state index in [1.807, 2.05) is 41.7 Å². The van der Waals surface area contributed by atoms with E-state index < -0.39 is 0 Å². The Bertz CT molecular complexity index is 2960. The van der Waals surface area contributed by atoms with E-state index in [0.29, 0.717) is 5.56 Å². The van der Waals surface area contributed by atoms with Crippen molar-refractivity contribution in [3.8, 4) is 34.1 Å². The van der Waals surface area contributed by atoms with Gasteiger partial charge in [-0.3, -0.25) is 4.57 Å². The van der Waals surface area contributed by atoms with Gasteiger partial charge in [0, 0.05) is 36.3 Å². The van der Waals surface area contributed by atoms with Crippen molar-refractivity contribution in [1.82, 2.24) is 9.55 Å². The minimum Gasteiger partial charge on any atom is -0.294 e. The van der Waals surface area contributed by atoms with Gasteiger partial charge in [-0.2, -0.15) is 5.26 Å². The summed E-state index contributed by atoms with van der Waals surface area (Å²) in [6, 6.07) is 56.2. The molecule has 3 heterocycles. The van der Waals surface area contributed by atoms with Crippen LogP contribution in [0.1, 0.15) is 5.56 Å². The third kappa shape index (κ3) is 4.02. The van der Waals surface area contributed by atoms with Crippen LogP contribution in [0.3, 0.4) is 0 Å². The minimum absolute atomic E-state index is 0.618. The number of rotatable bonds is 3. The number of pyridine rings is 1. The van der Waals surface area contributed by atoms with E-state index in [2.05, 4.69) is 132 Å². The standard InChI is InChI=1S/C44H25N3S/c45-26-32-25-43(46-38-13-7-6-11-33(32)38)47-39-18-14-29(27-8-2-1-3-9-27)22-35(39)36-23-30(15-19-40(36)47)31-17-20-41-37(24-31)44-34-12-5-4-10-28(34)16-21-42(44)48-41/h1-25H. The molecular formula is C44H25N3S. The molecule has 7 aromatic carbocycles. The molecule has 0 radical (unpaired) electrons. The molecule has 0 unspecified atom stereocenters. The summed E-state index contributed by atoms with van der Waals surface area (Å²) >= 11 is 1.86. The minimum atomic E-state index is 0.618. The quantitative estimate of drug-likeness (QED) is 0.196. The highest BCUT2D eigenvalue weighted by Crippen LogP contribution is 2.42. The molecule has 0 bridgehead atoms. The lowest BCUT2D eigenvalue weighted by atomic mass is 9.98. The van der Waals surface area contributed by atoms with Crippen LogP contribution >= 0.6 is 11.3 Å². The first-order valence-electron chi connectivity index (χ1n) is 16.0. The second-order valence-electron chi connectivity index (χ2n) is 12.3. The first kappa shape index (κ1) is 26.9. The number of para-hydroxylation sites is 1. The molecule has 48 heavy (non-hydrogen) atoms. The summed E-state index contributed by atoms with van der Waals surface area (Å²) in [6.07, 6.45) is 0. The SMILES string of the molecule is N#Cc1cc(-n2c3ccc(-c4ccccc4)cc3c3cc(-c4ccc5sc6ccc7ccccc7c6c5c4)ccc32)nc2ccccc12. The van der Waals surface area contributed by atoms with Gasteiger partial charge in [0.1, 0.15) is 5.82 Å². The Kier molecular flexibility index (Phi) is 5.81. The molecule has 10 aromatic rings. The van der Waals surface area contributed by atoms with Gasteiger partial charge in [0.05, 0.1) is 28.2 Å². The zero-order valence-electron chi connectivity index (χ0n) is 25.7. The maximum atomic E-state index is 10.1. The highest BCUT2D eigenvalue weighted by molar-refractivity contribution is 7.26. The fourth-order valence-electron chi connectivity index (χ4n) is 7.36. The van der Waals surface area contributed by atoms with Gasteiger partial charge in [-0.1, -0.05) is 97.1 Å². The van der Waals surface area contributed by atoms with Gasteiger partial charge in [0.15, 0.2) is 0 Å². The Morgan fingerprint density at radius 2 is 1.12 bits per heavy atom. The van der Waals surface area contributed by atoms with Crippen molar-refractivity contribution < 1.29 is 0 Å². The molecule has 0 spiro atoms. The van der Waals surface area contributed by atoms with Crippen molar-refractivity contribution in [3.05, 3.63) is 157 Å². The van der Waals surface area contributed by atoms with Crippen LogP contribution in [0, 0.1) is 11.3 Å². The van der Waals surface area contributed by atoms with Crippen LogP contribution in [0.5, 0.6) is 0 Å². The van der Waals surface area contributed by atoms with Crippen LogP contribution in [0.4, 0.5) is 0 Å². The highest BCUT2D eigenvalue weighted by atomic mass is 32.1. The Morgan fingerprint density at radius 1 is 0.500 bits per heavy atom. The third-order valence-electron chi connectivity index (χ3n) is 9.62. The number of benzene rings is 7. The van der Waals surface area contributed by atoms with E-state index in [9.17, 15) is 5.26 Å². The molecule has 0 saturated heterocycles. The first-order chi connectivity index (χ1) is 23.7. The topological polar surface area (TPSA) is 41.6 Å². The van der Waals surface area contributed by atoms with E-state index in [1.165, 1.54) is 42.1 Å². The number of aromatic nitrogens is 2. The largest absolute Gasteiger partial charge is 0.294 e. The van der Waals surface area contributed by atoms with Crippen LogP contribution in [0.15, 0.2) is 152 Å². The molecule has 0 amide bonds. The van der Waals surface area contributed by atoms with E-state index in [0.717, 1.165) is 49.7 Å². The number of nitrogens with zero attached hydrogens (tertiary/aromatic N) is 3. The zero-order chi connectivity index (χ0) is 31.8. The van der Waals surface area contributed by atoms with Crippen molar-refractivity contribution in [2.75, 3.05) is 0 Å². The van der Waals surface area contributed by atoms with Crippen LogP contribution in [-0.4, -0.2) is 9.55 Å². The molecular weight excluding hydrogens is 603 g/mol. The van der Waals surface area contributed by atoms with Crippen molar-refractivity contribution in [2.24, 2.45) is 0 Å². The first-order valence-corrected chi connectivity index (χ1v) is 16.8. The van der Waals surface area contributed by atoms with Crippen LogP contribution in [-0.2, 0) is 0 Å². The van der Waals surface area contributed by atoms with E-state index >= 15 is 0 Å². The van der Waals surface area contributed by atoms with E-state index in [-0.39, 0.29) is 0 Å². The molecule has 10 rings (SSSR count). The fourth-order valence-corrected chi connectivity index (χ4v) is 8.46. The molecule has 0 fully saturated rings. The predicted octanol–water partition coefficient (Wildman–Crippen LogP) is 12.1. The zero-order valence-corrected chi connectivity index (χ0v) is 26.5. The fraction of sp³-hybridized carbons (Fsp3) is 0. The number of nitriles is 1. The summed E-state index contributed by atoms with van der Waals surface area (Å²) in [5.41, 5.74) is 8.22. The normalized spacial score (nSPS) is 11.7. The lowest BCUT2D eigenvalue weighted by Gasteiger charge is -2.10. The third-order valence-corrected chi connectivity index (χ3v) is 10.8. The monoisotopic (exact) mass is 627 g/mol. The summed E-state index contributed by atoms with van der Waals surface area (Å²) < 4.78 is 4.82. The molecule has 0 atom stereocenters. The maximum absolute atomic E-state index is 10.1. The van der Waals surface area contributed by atoms with Crippen molar-refractivity contribution >= 4 is 75.0 Å². The number of fused-ring (bicyclic) bond motifs is 9. The summed E-state index contributed by atoms with van der Waals surface area (Å²) in [7, 11) is 0. The van der Waals surface area contributed by atoms with Crippen molar-refractivity contribution in [2.45, 2.75) is 0 Å². The van der Waals surface area contributed by atoms with Gasteiger partial charge >= 0.3 is 0 Å². The van der Waals surface area contributed by atoms with Gasteiger partial charge in [0.2, 0.25) is 0 Å². The molecule has 3 aromatic heterocycles. The maximum Gasteiger partial charge on any atom is 0.139 e. The summed E-state index contributed by atoms with van der Waals surface area (Å²) in [5.74, 6) is 0.739. The molecule has 3 nitrogen and oxygen atoms in total. The second kappa shape index (κ2) is 10.4. The van der Waals surface area contributed by atoms with Gasteiger partial charge in [0.25, 0.3) is 0 Å². The molecule has 4 heteroatoms. The average Bonchev–Trinajstić information content (AvgIpc) is 3.69. The van der Waals surface area contributed by atoms with Crippen molar-refractivity contribution in [1.29, 1.82) is 5.26 Å². The Hall–Kier alpha value is -6.28. The highest BCUT2D eigenvalue weighted by Gasteiger charge is 2.18. The number of hydrogen-bond donors (Lipinski definition) is 0. The average molecular weight is 628 g/mol. The van der Waals surface area contributed by atoms with Crippen LogP contribution < -0.4 is 0 Å². The lowest BCUT2D eigenvalue weighted by Crippen LogP contribution is -1.99.